The fraction of sp³-hybridized carbons (Fsp3) is 0.200. The Morgan fingerprint density at radius 2 is 1.66 bits per heavy atom. The van der Waals surface area contributed by atoms with E-state index >= 15 is 0 Å². The minimum atomic E-state index is -1.07. The molecule has 1 N–H and O–H groups in total. The molecule has 1 saturated heterocycles. The molecular weight excluding hydrogens is 428 g/mol. The van der Waals surface area contributed by atoms with Crippen LogP contribution in [0.15, 0.2) is 60.7 Å². The maximum Gasteiger partial charge on any atom is 0.336 e. The number of imide groups is 1. The number of aromatic carboxylic acids is 1. The van der Waals surface area contributed by atoms with Crippen LogP contribution in [0.3, 0.4) is 0 Å². The maximum atomic E-state index is 13.0. The number of para-hydroxylation sites is 1. The number of nitrogens with zero attached hydrogens (tertiary/aromatic N) is 2. The van der Waals surface area contributed by atoms with Gasteiger partial charge in [-0.3, -0.25) is 14.5 Å². The minimum Gasteiger partial charge on any atom is -0.478 e. The third kappa shape index (κ3) is 2.59. The van der Waals surface area contributed by atoms with Crippen LogP contribution in [0.1, 0.15) is 16.8 Å². The highest BCUT2D eigenvalue weighted by atomic mass is 35.5. The number of fused-ring (bicyclic) bond motifs is 6. The van der Waals surface area contributed by atoms with Crippen LogP contribution in [0.2, 0.25) is 5.02 Å². The van der Waals surface area contributed by atoms with Crippen molar-refractivity contribution in [2.24, 2.45) is 23.7 Å². The molecule has 1 saturated carbocycles. The Bertz CT molecular complexity index is 1330. The van der Waals surface area contributed by atoms with E-state index in [4.69, 9.17) is 11.6 Å². The van der Waals surface area contributed by atoms with Gasteiger partial charge in [0.1, 0.15) is 0 Å². The third-order valence-corrected chi connectivity index (χ3v) is 7.22. The van der Waals surface area contributed by atoms with Crippen molar-refractivity contribution in [2.45, 2.75) is 6.42 Å². The number of rotatable bonds is 3. The van der Waals surface area contributed by atoms with Crippen LogP contribution < -0.4 is 4.90 Å². The molecule has 158 valence electrons. The molecule has 2 aliphatic carbocycles. The standard InChI is InChI=1S/C25H17ClN2O4/c26-18-3-1-2-16-17(25(31)32)11-19(27-22(16)18)12-6-8-15(9-7-12)28-23(29)20-13-4-5-14(10-13)21(20)24(28)30/h1-9,11,13-14,20-21H,10H2,(H,31,32). The summed E-state index contributed by atoms with van der Waals surface area (Å²) >= 11 is 6.27. The van der Waals surface area contributed by atoms with E-state index in [1.165, 1.54) is 11.0 Å². The van der Waals surface area contributed by atoms with Gasteiger partial charge in [0.2, 0.25) is 11.8 Å². The van der Waals surface area contributed by atoms with Gasteiger partial charge in [-0.05, 0) is 42.5 Å². The number of carboxylic acid groups (broad SMARTS) is 1. The average Bonchev–Trinajstić information content (AvgIpc) is 3.47. The van der Waals surface area contributed by atoms with Crippen molar-refractivity contribution in [1.82, 2.24) is 4.98 Å². The number of amides is 2. The molecule has 4 unspecified atom stereocenters. The summed E-state index contributed by atoms with van der Waals surface area (Å²) in [5, 5.41) is 10.5. The van der Waals surface area contributed by atoms with Gasteiger partial charge in [-0.15, -0.1) is 0 Å². The van der Waals surface area contributed by atoms with Crippen LogP contribution in [-0.2, 0) is 9.59 Å². The summed E-state index contributed by atoms with van der Waals surface area (Å²) in [5.74, 6) is -1.51. The summed E-state index contributed by atoms with van der Waals surface area (Å²) in [4.78, 5) is 43.7. The van der Waals surface area contributed by atoms with Crippen LogP contribution in [-0.4, -0.2) is 27.9 Å². The van der Waals surface area contributed by atoms with Gasteiger partial charge >= 0.3 is 5.97 Å². The number of allylic oxidation sites excluding steroid dienone is 2. The molecule has 1 aromatic heterocycles. The first-order valence-corrected chi connectivity index (χ1v) is 10.8. The van der Waals surface area contributed by atoms with Crippen molar-refractivity contribution in [3.05, 3.63) is 71.3 Å². The molecule has 1 aliphatic heterocycles. The lowest BCUT2D eigenvalue weighted by molar-refractivity contribution is -0.123. The zero-order valence-corrected chi connectivity index (χ0v) is 17.5. The Kier molecular flexibility index (Phi) is 4.04. The molecule has 6 nitrogen and oxygen atoms in total. The lowest BCUT2D eigenvalue weighted by Gasteiger charge is -2.17. The normalized spacial score (nSPS) is 25.7. The summed E-state index contributed by atoms with van der Waals surface area (Å²) < 4.78 is 0. The summed E-state index contributed by atoms with van der Waals surface area (Å²) in [5.41, 5.74) is 2.16. The van der Waals surface area contributed by atoms with Crippen LogP contribution in [0.4, 0.5) is 5.69 Å². The van der Waals surface area contributed by atoms with Crippen molar-refractivity contribution in [1.29, 1.82) is 0 Å². The topological polar surface area (TPSA) is 87.6 Å². The quantitative estimate of drug-likeness (QED) is 0.472. The van der Waals surface area contributed by atoms with Gasteiger partial charge < -0.3 is 5.11 Å². The van der Waals surface area contributed by atoms with E-state index < -0.39 is 5.97 Å². The van der Waals surface area contributed by atoms with Crippen LogP contribution >= 0.6 is 11.6 Å². The number of pyridine rings is 1. The molecule has 32 heavy (non-hydrogen) atoms. The largest absolute Gasteiger partial charge is 0.478 e. The second-order valence-corrected chi connectivity index (χ2v) is 8.96. The Morgan fingerprint density at radius 3 is 2.28 bits per heavy atom. The number of halogens is 1. The van der Waals surface area contributed by atoms with Crippen LogP contribution in [0.5, 0.6) is 0 Å². The second-order valence-electron chi connectivity index (χ2n) is 8.55. The molecule has 2 amide bonds. The zero-order valence-electron chi connectivity index (χ0n) is 16.7. The van der Waals surface area contributed by atoms with E-state index in [0.717, 1.165) is 6.42 Å². The van der Waals surface area contributed by atoms with Crippen molar-refractivity contribution in [3.8, 4) is 11.3 Å². The summed E-state index contributed by atoms with van der Waals surface area (Å²) in [7, 11) is 0. The van der Waals surface area contributed by atoms with Crippen LogP contribution in [0.25, 0.3) is 22.2 Å². The van der Waals surface area contributed by atoms with Gasteiger partial charge in [-0.1, -0.05) is 48.0 Å². The van der Waals surface area contributed by atoms with E-state index in [9.17, 15) is 19.5 Å². The fourth-order valence-electron chi connectivity index (χ4n) is 5.48. The number of hydrogen-bond acceptors (Lipinski definition) is 4. The molecular formula is C25H17ClN2O4. The predicted molar refractivity (Wildman–Crippen MR) is 119 cm³/mol. The Morgan fingerprint density at radius 1 is 1.00 bits per heavy atom. The van der Waals surface area contributed by atoms with E-state index in [1.807, 2.05) is 0 Å². The van der Waals surface area contributed by atoms with E-state index in [0.29, 0.717) is 32.9 Å². The summed E-state index contributed by atoms with van der Waals surface area (Å²) in [6.45, 7) is 0. The highest BCUT2D eigenvalue weighted by Gasteiger charge is 2.59. The molecule has 0 spiro atoms. The smallest absolute Gasteiger partial charge is 0.336 e. The molecule has 0 radical (unpaired) electrons. The lowest BCUT2D eigenvalue weighted by Crippen LogP contribution is -2.32. The first-order chi connectivity index (χ1) is 15.4. The number of aromatic nitrogens is 1. The SMILES string of the molecule is O=C(O)c1cc(-c2ccc(N3C(=O)C4C5C=CC(C5)C4C3=O)cc2)nc2c(Cl)cccc12. The number of benzene rings is 2. The first-order valence-electron chi connectivity index (χ1n) is 10.4. The molecule has 4 atom stereocenters. The average molecular weight is 445 g/mol. The van der Waals surface area contributed by atoms with Crippen molar-refractivity contribution >= 4 is 46.0 Å². The molecule has 2 heterocycles. The van der Waals surface area contributed by atoms with E-state index in [2.05, 4.69) is 17.1 Å². The molecule has 6 rings (SSSR count). The Hall–Kier alpha value is -3.51. The number of hydrogen-bond donors (Lipinski definition) is 1. The minimum absolute atomic E-state index is 0.109. The predicted octanol–water partition coefficient (Wildman–Crippen LogP) is 4.56. The summed E-state index contributed by atoms with van der Waals surface area (Å²) in [6, 6.07) is 13.4. The number of anilines is 1. The van der Waals surface area contributed by atoms with Gasteiger partial charge in [-0.2, -0.15) is 0 Å². The number of carboxylic acids is 1. The molecule has 2 fully saturated rings. The number of carbonyl (C=O) groups excluding carboxylic acids is 2. The fourth-order valence-corrected chi connectivity index (χ4v) is 5.69. The molecule has 2 bridgehead atoms. The van der Waals surface area contributed by atoms with Crippen molar-refractivity contribution in [2.75, 3.05) is 4.90 Å². The first kappa shape index (κ1) is 19.2. The van der Waals surface area contributed by atoms with Crippen LogP contribution in [0, 0.1) is 23.7 Å². The van der Waals surface area contributed by atoms with Gasteiger partial charge in [0.05, 0.1) is 39.3 Å². The van der Waals surface area contributed by atoms with Gasteiger partial charge in [0.15, 0.2) is 0 Å². The van der Waals surface area contributed by atoms with E-state index in [1.54, 1.807) is 42.5 Å². The lowest BCUT2D eigenvalue weighted by atomic mass is 9.85. The highest BCUT2D eigenvalue weighted by Crippen LogP contribution is 2.53. The molecule has 3 aliphatic rings. The molecule has 3 aromatic rings. The van der Waals surface area contributed by atoms with Gasteiger partial charge in [0, 0.05) is 10.9 Å². The van der Waals surface area contributed by atoms with E-state index in [-0.39, 0.29) is 41.0 Å². The third-order valence-electron chi connectivity index (χ3n) is 6.91. The summed E-state index contributed by atoms with van der Waals surface area (Å²) in [6.07, 6.45) is 5.03. The monoisotopic (exact) mass is 444 g/mol. The van der Waals surface area contributed by atoms with Crippen molar-refractivity contribution < 1.29 is 19.5 Å². The van der Waals surface area contributed by atoms with Gasteiger partial charge in [-0.25, -0.2) is 9.78 Å². The maximum absolute atomic E-state index is 13.0. The van der Waals surface area contributed by atoms with Gasteiger partial charge in [0.25, 0.3) is 0 Å². The second kappa shape index (κ2) is 6.74. The molecule has 2 aromatic carbocycles. The molecule has 7 heteroatoms. The zero-order chi connectivity index (χ0) is 22.1. The Labute approximate surface area is 188 Å². The number of carbonyl (C=O) groups is 3. The van der Waals surface area contributed by atoms with Crippen molar-refractivity contribution in [3.63, 3.8) is 0 Å². The Balaban J connectivity index is 1.38. The highest BCUT2D eigenvalue weighted by molar-refractivity contribution is 6.35.